The molecule has 0 aromatic heterocycles. The maximum atomic E-state index is 12.1. The predicted molar refractivity (Wildman–Crippen MR) is 61.2 cm³/mol. The molecular formula is C12H17F3O4. The van der Waals surface area contributed by atoms with Crippen LogP contribution in [0.5, 0.6) is 0 Å². The van der Waals surface area contributed by atoms with Crippen molar-refractivity contribution in [1.29, 1.82) is 0 Å². The van der Waals surface area contributed by atoms with Crippen molar-refractivity contribution in [2.45, 2.75) is 45.9 Å². The number of carbonyl (C=O) groups is 2. The van der Waals surface area contributed by atoms with Crippen LogP contribution in [-0.2, 0) is 19.1 Å². The molecule has 4 nitrogen and oxygen atoms in total. The van der Waals surface area contributed by atoms with E-state index in [4.69, 9.17) is 4.74 Å². The molecule has 7 heteroatoms. The maximum Gasteiger partial charge on any atom is 0.425 e. The fraction of sp³-hybridized carbons (Fsp3) is 0.667. The van der Waals surface area contributed by atoms with E-state index in [2.05, 4.69) is 4.74 Å². The second-order valence-electron chi connectivity index (χ2n) is 4.14. The Labute approximate surface area is 109 Å². The molecule has 0 spiro atoms. The Bertz CT molecular complexity index is 343. The van der Waals surface area contributed by atoms with Crippen LogP contribution in [0.4, 0.5) is 13.2 Å². The molecule has 0 bridgehead atoms. The summed E-state index contributed by atoms with van der Waals surface area (Å²) >= 11 is 0. The summed E-state index contributed by atoms with van der Waals surface area (Å²) < 4.78 is 45.1. The van der Waals surface area contributed by atoms with Crippen LogP contribution >= 0.6 is 0 Å². The van der Waals surface area contributed by atoms with Gasteiger partial charge in [0, 0.05) is 0 Å². The SMILES string of the molecule is CC(C)=CCOC(=O)CCC(=O)OC(C)C(F)(F)F. The number of halogens is 3. The highest BCUT2D eigenvalue weighted by Crippen LogP contribution is 2.22. The number of rotatable bonds is 6. The molecule has 0 N–H and O–H groups in total. The minimum absolute atomic E-state index is 0.0785. The lowest BCUT2D eigenvalue weighted by Crippen LogP contribution is -2.31. The molecule has 0 radical (unpaired) electrons. The first-order valence-electron chi connectivity index (χ1n) is 5.68. The summed E-state index contributed by atoms with van der Waals surface area (Å²) in [5.41, 5.74) is 0.964. The van der Waals surface area contributed by atoms with Crippen molar-refractivity contribution in [3.05, 3.63) is 11.6 Å². The zero-order valence-electron chi connectivity index (χ0n) is 11.0. The van der Waals surface area contributed by atoms with Gasteiger partial charge in [-0.3, -0.25) is 9.59 Å². The number of carbonyl (C=O) groups excluding carboxylic acids is 2. The van der Waals surface area contributed by atoms with Crippen LogP contribution < -0.4 is 0 Å². The lowest BCUT2D eigenvalue weighted by atomic mass is 10.3. The van der Waals surface area contributed by atoms with Crippen molar-refractivity contribution in [2.24, 2.45) is 0 Å². The zero-order valence-corrected chi connectivity index (χ0v) is 11.0. The third-order valence-electron chi connectivity index (χ3n) is 2.04. The highest BCUT2D eigenvalue weighted by molar-refractivity contribution is 5.77. The van der Waals surface area contributed by atoms with Crippen LogP contribution in [0.2, 0.25) is 0 Å². The Morgan fingerprint density at radius 1 is 1.16 bits per heavy atom. The van der Waals surface area contributed by atoms with Crippen LogP contribution in [0.15, 0.2) is 11.6 Å². The van der Waals surface area contributed by atoms with Crippen molar-refractivity contribution < 1.29 is 32.2 Å². The van der Waals surface area contributed by atoms with Crippen LogP contribution in [0, 0.1) is 0 Å². The average Bonchev–Trinajstić information content (AvgIpc) is 2.24. The third kappa shape index (κ3) is 9.10. The molecule has 0 amide bonds. The molecule has 110 valence electrons. The number of esters is 2. The lowest BCUT2D eigenvalue weighted by molar-refractivity contribution is -0.216. The van der Waals surface area contributed by atoms with Crippen molar-refractivity contribution in [3.8, 4) is 0 Å². The van der Waals surface area contributed by atoms with Gasteiger partial charge in [0.05, 0.1) is 12.8 Å². The molecule has 0 rings (SSSR count). The number of allylic oxidation sites excluding steroid dienone is 1. The van der Waals surface area contributed by atoms with Gasteiger partial charge in [-0.1, -0.05) is 5.57 Å². The Kier molecular flexibility index (Phi) is 7.18. The first-order valence-corrected chi connectivity index (χ1v) is 5.68. The van der Waals surface area contributed by atoms with Crippen LogP contribution in [0.1, 0.15) is 33.6 Å². The molecule has 1 atom stereocenters. The summed E-state index contributed by atoms with van der Waals surface area (Å²) in [5, 5.41) is 0. The number of ether oxygens (including phenoxy) is 2. The Morgan fingerprint density at radius 3 is 2.16 bits per heavy atom. The van der Waals surface area contributed by atoms with Gasteiger partial charge in [0.2, 0.25) is 0 Å². The largest absolute Gasteiger partial charge is 0.461 e. The number of hydrogen-bond acceptors (Lipinski definition) is 4. The Balaban J connectivity index is 3.91. The molecule has 0 aromatic rings. The van der Waals surface area contributed by atoms with E-state index < -0.39 is 30.6 Å². The lowest BCUT2D eigenvalue weighted by Gasteiger charge is -2.15. The van der Waals surface area contributed by atoms with Gasteiger partial charge >= 0.3 is 18.1 Å². The fourth-order valence-corrected chi connectivity index (χ4v) is 0.900. The normalized spacial score (nSPS) is 12.5. The van der Waals surface area contributed by atoms with E-state index >= 15 is 0 Å². The second-order valence-corrected chi connectivity index (χ2v) is 4.14. The third-order valence-corrected chi connectivity index (χ3v) is 2.04. The van der Waals surface area contributed by atoms with Crippen LogP contribution in [0.3, 0.4) is 0 Å². The molecule has 0 saturated heterocycles. The summed E-state index contributed by atoms with van der Waals surface area (Å²) in [5.74, 6) is -1.74. The molecule has 0 heterocycles. The predicted octanol–water partition coefficient (Wildman–Crippen LogP) is 2.77. The molecule has 0 fully saturated rings. The molecule has 0 aliphatic carbocycles. The van der Waals surface area contributed by atoms with E-state index in [0.717, 1.165) is 12.5 Å². The molecule has 1 unspecified atom stereocenters. The van der Waals surface area contributed by atoms with Gasteiger partial charge in [0.15, 0.2) is 6.10 Å². The number of hydrogen-bond donors (Lipinski definition) is 0. The van der Waals surface area contributed by atoms with Crippen molar-refractivity contribution in [1.82, 2.24) is 0 Å². The van der Waals surface area contributed by atoms with Crippen molar-refractivity contribution in [2.75, 3.05) is 6.61 Å². The van der Waals surface area contributed by atoms with E-state index in [9.17, 15) is 22.8 Å². The quantitative estimate of drug-likeness (QED) is 0.555. The van der Waals surface area contributed by atoms with Gasteiger partial charge in [0.25, 0.3) is 0 Å². The summed E-state index contributed by atoms with van der Waals surface area (Å²) in [6, 6.07) is 0. The molecule has 0 aliphatic rings. The van der Waals surface area contributed by atoms with Gasteiger partial charge in [0.1, 0.15) is 6.61 Å². The van der Waals surface area contributed by atoms with E-state index in [1.165, 1.54) is 0 Å². The average molecular weight is 282 g/mol. The Morgan fingerprint density at radius 2 is 1.68 bits per heavy atom. The summed E-state index contributed by atoms with van der Waals surface area (Å²) in [4.78, 5) is 22.2. The van der Waals surface area contributed by atoms with E-state index in [1.54, 1.807) is 6.08 Å². The molecule has 19 heavy (non-hydrogen) atoms. The van der Waals surface area contributed by atoms with Gasteiger partial charge in [-0.2, -0.15) is 13.2 Å². The smallest absolute Gasteiger partial charge is 0.425 e. The van der Waals surface area contributed by atoms with Gasteiger partial charge < -0.3 is 9.47 Å². The monoisotopic (exact) mass is 282 g/mol. The fourth-order valence-electron chi connectivity index (χ4n) is 0.900. The van der Waals surface area contributed by atoms with E-state index in [1.807, 2.05) is 13.8 Å². The standard InChI is InChI=1S/C12H17F3O4/c1-8(2)6-7-18-10(16)4-5-11(17)19-9(3)12(13,14)15/h6,9H,4-5,7H2,1-3H3. The van der Waals surface area contributed by atoms with Gasteiger partial charge in [-0.15, -0.1) is 0 Å². The Hall–Kier alpha value is -1.53. The van der Waals surface area contributed by atoms with Crippen LogP contribution in [0.25, 0.3) is 0 Å². The summed E-state index contributed by atoms with van der Waals surface area (Å²) in [6.45, 7) is 4.45. The molecular weight excluding hydrogens is 265 g/mol. The van der Waals surface area contributed by atoms with E-state index in [-0.39, 0.29) is 13.0 Å². The minimum atomic E-state index is -4.60. The molecule has 0 saturated carbocycles. The maximum absolute atomic E-state index is 12.1. The first kappa shape index (κ1) is 17.5. The van der Waals surface area contributed by atoms with Gasteiger partial charge in [-0.25, -0.2) is 0 Å². The molecule has 0 aliphatic heterocycles. The van der Waals surface area contributed by atoms with Crippen LogP contribution in [-0.4, -0.2) is 30.8 Å². The zero-order chi connectivity index (χ0) is 15.1. The summed E-state index contributed by atoms with van der Waals surface area (Å²) in [7, 11) is 0. The highest BCUT2D eigenvalue weighted by atomic mass is 19.4. The number of alkyl halides is 3. The highest BCUT2D eigenvalue weighted by Gasteiger charge is 2.39. The van der Waals surface area contributed by atoms with Crippen molar-refractivity contribution >= 4 is 11.9 Å². The van der Waals surface area contributed by atoms with Crippen molar-refractivity contribution in [3.63, 3.8) is 0 Å². The topological polar surface area (TPSA) is 52.6 Å². The second kappa shape index (κ2) is 7.81. The molecule has 0 aromatic carbocycles. The first-order chi connectivity index (χ1) is 8.62. The van der Waals surface area contributed by atoms with Gasteiger partial charge in [-0.05, 0) is 26.8 Å². The van der Waals surface area contributed by atoms with E-state index in [0.29, 0.717) is 0 Å². The minimum Gasteiger partial charge on any atom is -0.461 e. The summed E-state index contributed by atoms with van der Waals surface area (Å²) in [6.07, 6.45) is -5.85.